The molecule has 0 spiro atoms. The second kappa shape index (κ2) is 6.97. The molecule has 26 heavy (non-hydrogen) atoms. The monoisotopic (exact) mass is 356 g/mol. The lowest BCUT2D eigenvalue weighted by Crippen LogP contribution is -2.40. The number of aromatic hydroxyl groups is 1. The Bertz CT molecular complexity index is 942. The highest BCUT2D eigenvalue weighted by molar-refractivity contribution is 5.86. The van der Waals surface area contributed by atoms with Crippen LogP contribution in [0, 0.1) is 11.6 Å². The van der Waals surface area contributed by atoms with Gasteiger partial charge >= 0.3 is 0 Å². The topological polar surface area (TPSA) is 45.6 Å². The van der Waals surface area contributed by atoms with Gasteiger partial charge in [0.15, 0.2) is 0 Å². The molecule has 1 N–H and O–H groups in total. The summed E-state index contributed by atoms with van der Waals surface area (Å²) < 4.78 is 34.7. The average molecular weight is 356 g/mol. The minimum atomic E-state index is -0.624. The summed E-state index contributed by atoms with van der Waals surface area (Å²) in [5.74, 6) is -1.01. The largest absolute Gasteiger partial charge is 0.505 e. The van der Waals surface area contributed by atoms with Gasteiger partial charge in [0.1, 0.15) is 22.9 Å². The summed E-state index contributed by atoms with van der Waals surface area (Å²) in [6, 6.07) is 10.2. The minimum Gasteiger partial charge on any atom is -0.505 e. The van der Waals surface area contributed by atoms with Gasteiger partial charge in [0, 0.05) is 35.8 Å². The number of phenolic OH excluding ortho intramolecular Hbond substituents is 1. The first-order chi connectivity index (χ1) is 12.7. The van der Waals surface area contributed by atoms with Gasteiger partial charge in [-0.25, -0.2) is 8.78 Å². The Hall–Kier alpha value is -2.57. The molecule has 2 heterocycles. The lowest BCUT2D eigenvalue weighted by atomic mass is 9.94. The zero-order chi connectivity index (χ0) is 18.1. The summed E-state index contributed by atoms with van der Waals surface area (Å²) in [4.78, 5) is 6.11. The first-order valence-corrected chi connectivity index (χ1v) is 8.49. The van der Waals surface area contributed by atoms with E-state index in [-0.39, 0.29) is 16.7 Å². The molecule has 1 fully saturated rings. The second-order valence-electron chi connectivity index (χ2n) is 6.27. The molecule has 1 aliphatic rings. The molecule has 1 aliphatic heterocycles. The number of nitrogens with zero attached hydrogens (tertiary/aromatic N) is 2. The van der Waals surface area contributed by atoms with Gasteiger partial charge in [0.05, 0.1) is 19.3 Å². The molecule has 0 bridgehead atoms. The number of benzene rings is 2. The van der Waals surface area contributed by atoms with Crippen molar-refractivity contribution in [3.8, 4) is 5.75 Å². The predicted octanol–water partition coefficient (Wildman–Crippen LogP) is 3.64. The van der Waals surface area contributed by atoms with Crippen LogP contribution in [0.2, 0.25) is 0 Å². The number of hydrogen-bond donors (Lipinski definition) is 1. The molecule has 0 aliphatic carbocycles. The summed E-state index contributed by atoms with van der Waals surface area (Å²) in [6.45, 7) is 2.11. The van der Waals surface area contributed by atoms with Crippen LogP contribution in [-0.2, 0) is 4.74 Å². The third kappa shape index (κ3) is 2.91. The summed E-state index contributed by atoms with van der Waals surface area (Å²) >= 11 is 0. The molecule has 1 saturated heterocycles. The maximum absolute atomic E-state index is 14.7. The first kappa shape index (κ1) is 16.9. The van der Waals surface area contributed by atoms with Crippen molar-refractivity contribution in [2.24, 2.45) is 0 Å². The smallest absolute Gasteiger partial charge is 0.147 e. The number of morpholine rings is 1. The van der Waals surface area contributed by atoms with Crippen LogP contribution in [0.5, 0.6) is 5.75 Å². The van der Waals surface area contributed by atoms with E-state index in [1.807, 2.05) is 4.90 Å². The molecule has 0 saturated carbocycles. The molecule has 2 aromatic carbocycles. The molecule has 1 atom stereocenters. The summed E-state index contributed by atoms with van der Waals surface area (Å²) in [5.41, 5.74) is 0.872. The van der Waals surface area contributed by atoms with Gasteiger partial charge < -0.3 is 9.84 Å². The lowest BCUT2D eigenvalue weighted by molar-refractivity contribution is 0.0229. The molecular weight excluding hydrogens is 338 g/mol. The van der Waals surface area contributed by atoms with Crippen molar-refractivity contribution in [2.45, 2.75) is 6.04 Å². The summed E-state index contributed by atoms with van der Waals surface area (Å²) in [7, 11) is 0. The second-order valence-corrected chi connectivity index (χ2v) is 6.27. The number of ether oxygens (including phenoxy) is 1. The zero-order valence-electron chi connectivity index (χ0n) is 14.0. The number of aromatic nitrogens is 1. The molecule has 4 nitrogen and oxygen atoms in total. The average Bonchev–Trinajstić information content (AvgIpc) is 2.68. The van der Waals surface area contributed by atoms with Crippen LogP contribution >= 0.6 is 0 Å². The van der Waals surface area contributed by atoms with E-state index < -0.39 is 17.7 Å². The van der Waals surface area contributed by atoms with Crippen LogP contribution in [0.15, 0.2) is 48.7 Å². The number of halogens is 2. The quantitative estimate of drug-likeness (QED) is 0.778. The summed E-state index contributed by atoms with van der Waals surface area (Å²) in [5, 5.41) is 11.1. The number of phenols is 1. The molecule has 3 aromatic rings. The molecule has 134 valence electrons. The number of fused-ring (bicyclic) bond motifs is 1. The molecule has 0 amide bonds. The van der Waals surface area contributed by atoms with Gasteiger partial charge in [-0.05, 0) is 24.3 Å². The third-order valence-electron chi connectivity index (χ3n) is 4.75. The van der Waals surface area contributed by atoms with Crippen LogP contribution < -0.4 is 0 Å². The van der Waals surface area contributed by atoms with Crippen molar-refractivity contribution >= 4 is 10.9 Å². The molecule has 6 heteroatoms. The predicted molar refractivity (Wildman–Crippen MR) is 94.0 cm³/mol. The Morgan fingerprint density at radius 2 is 1.77 bits per heavy atom. The molecule has 4 rings (SSSR count). The Kier molecular flexibility index (Phi) is 4.53. The van der Waals surface area contributed by atoms with E-state index in [2.05, 4.69) is 4.98 Å². The Morgan fingerprint density at radius 3 is 2.54 bits per heavy atom. The van der Waals surface area contributed by atoms with E-state index in [1.54, 1.807) is 30.3 Å². The fourth-order valence-corrected chi connectivity index (χ4v) is 3.51. The van der Waals surface area contributed by atoms with Crippen LogP contribution in [0.3, 0.4) is 0 Å². The number of rotatable bonds is 3. The molecule has 1 unspecified atom stereocenters. The van der Waals surface area contributed by atoms with Crippen molar-refractivity contribution in [1.82, 2.24) is 9.88 Å². The highest BCUT2D eigenvalue weighted by Gasteiger charge is 2.30. The van der Waals surface area contributed by atoms with Gasteiger partial charge in [0.2, 0.25) is 0 Å². The van der Waals surface area contributed by atoms with E-state index >= 15 is 0 Å². The Labute approximate surface area is 149 Å². The fraction of sp³-hybridized carbons (Fsp3) is 0.250. The molecule has 1 aromatic heterocycles. The van der Waals surface area contributed by atoms with Gasteiger partial charge in [-0.2, -0.15) is 0 Å². The third-order valence-corrected chi connectivity index (χ3v) is 4.75. The van der Waals surface area contributed by atoms with Gasteiger partial charge in [0.25, 0.3) is 0 Å². The fourth-order valence-electron chi connectivity index (χ4n) is 3.51. The molecular formula is C20H18F2N2O2. The van der Waals surface area contributed by atoms with E-state index in [9.17, 15) is 13.9 Å². The van der Waals surface area contributed by atoms with Crippen molar-refractivity contribution < 1.29 is 18.6 Å². The van der Waals surface area contributed by atoms with E-state index in [0.717, 1.165) is 0 Å². The zero-order valence-corrected chi connectivity index (χ0v) is 14.0. The first-order valence-electron chi connectivity index (χ1n) is 8.49. The maximum Gasteiger partial charge on any atom is 0.147 e. The SMILES string of the molecule is Oc1c(C(c2ccccc2F)N2CCOCC2)cc(F)c2cccnc12. The van der Waals surface area contributed by atoms with Crippen molar-refractivity contribution in [2.75, 3.05) is 26.3 Å². The maximum atomic E-state index is 14.7. The normalized spacial score (nSPS) is 16.7. The van der Waals surface area contributed by atoms with Crippen LogP contribution in [-0.4, -0.2) is 41.3 Å². The van der Waals surface area contributed by atoms with Crippen molar-refractivity contribution in [1.29, 1.82) is 0 Å². The lowest BCUT2D eigenvalue weighted by Gasteiger charge is -2.35. The van der Waals surface area contributed by atoms with E-state index in [0.29, 0.717) is 37.4 Å². The van der Waals surface area contributed by atoms with Crippen molar-refractivity contribution in [3.63, 3.8) is 0 Å². The van der Waals surface area contributed by atoms with Gasteiger partial charge in [-0.1, -0.05) is 18.2 Å². The Balaban J connectivity index is 1.93. The van der Waals surface area contributed by atoms with Crippen molar-refractivity contribution in [3.05, 3.63) is 71.4 Å². The highest BCUT2D eigenvalue weighted by Crippen LogP contribution is 2.39. The van der Waals surface area contributed by atoms with E-state index in [4.69, 9.17) is 4.74 Å². The minimum absolute atomic E-state index is 0.123. The number of hydrogen-bond acceptors (Lipinski definition) is 4. The van der Waals surface area contributed by atoms with Crippen LogP contribution in [0.1, 0.15) is 17.2 Å². The number of pyridine rings is 1. The molecule has 0 radical (unpaired) electrons. The van der Waals surface area contributed by atoms with E-state index in [1.165, 1.54) is 18.3 Å². The van der Waals surface area contributed by atoms with Crippen LogP contribution in [0.4, 0.5) is 8.78 Å². The Morgan fingerprint density at radius 1 is 1.00 bits per heavy atom. The van der Waals surface area contributed by atoms with Gasteiger partial charge in [-0.3, -0.25) is 9.88 Å². The standard InChI is InChI=1S/C20H18F2N2O2/c21-16-6-2-1-4-14(16)19(24-8-10-26-11-9-24)15-12-17(22)13-5-3-7-23-18(13)20(15)25/h1-7,12,19,25H,8-11H2. The highest BCUT2D eigenvalue weighted by atomic mass is 19.1. The van der Waals surface area contributed by atoms with Gasteiger partial charge in [-0.15, -0.1) is 0 Å². The van der Waals surface area contributed by atoms with Crippen LogP contribution in [0.25, 0.3) is 10.9 Å². The summed E-state index contributed by atoms with van der Waals surface area (Å²) in [6.07, 6.45) is 1.50.